The number of rotatable bonds is 6. The highest BCUT2D eigenvalue weighted by molar-refractivity contribution is 5.73. The van der Waals surface area contributed by atoms with Crippen LogP contribution in [0.15, 0.2) is 24.3 Å². The van der Waals surface area contributed by atoms with Gasteiger partial charge in [-0.15, -0.1) is 0 Å². The van der Waals surface area contributed by atoms with E-state index in [0.29, 0.717) is 25.1 Å². The van der Waals surface area contributed by atoms with Gasteiger partial charge in [-0.3, -0.25) is 4.90 Å². The van der Waals surface area contributed by atoms with E-state index in [0.717, 1.165) is 13.1 Å². The molecule has 1 saturated heterocycles. The number of hydrogen-bond acceptors (Lipinski definition) is 3. The molecule has 1 aromatic rings. The van der Waals surface area contributed by atoms with E-state index in [1.807, 2.05) is 0 Å². The van der Waals surface area contributed by atoms with Crippen LogP contribution in [0.4, 0.5) is 9.18 Å². The van der Waals surface area contributed by atoms with Gasteiger partial charge in [-0.2, -0.15) is 0 Å². The molecule has 0 radical (unpaired) electrons. The normalized spacial score (nSPS) is 21.8. The number of carbonyl (C=O) groups is 1. The maximum absolute atomic E-state index is 13.5. The van der Waals surface area contributed by atoms with Gasteiger partial charge in [0.25, 0.3) is 0 Å². The zero-order valence-electron chi connectivity index (χ0n) is 15.6. The van der Waals surface area contributed by atoms with E-state index in [9.17, 15) is 9.18 Å². The summed E-state index contributed by atoms with van der Waals surface area (Å²) in [6.07, 6.45) is 0.859. The van der Waals surface area contributed by atoms with Gasteiger partial charge >= 0.3 is 6.03 Å². The second kappa shape index (κ2) is 8.63. The van der Waals surface area contributed by atoms with Gasteiger partial charge in [-0.05, 0) is 45.7 Å². The summed E-state index contributed by atoms with van der Waals surface area (Å²) < 4.78 is 19.3. The van der Waals surface area contributed by atoms with Crippen LogP contribution in [0, 0.1) is 5.82 Å². The summed E-state index contributed by atoms with van der Waals surface area (Å²) in [6.45, 7) is 11.0. The number of benzene rings is 1. The van der Waals surface area contributed by atoms with E-state index in [2.05, 4.69) is 43.2 Å². The second-order valence-electron chi connectivity index (χ2n) is 7.43. The van der Waals surface area contributed by atoms with Crippen LogP contribution in [0.3, 0.4) is 0 Å². The lowest BCUT2D eigenvalue weighted by Crippen LogP contribution is -2.59. The molecule has 0 aliphatic carbocycles. The quantitative estimate of drug-likeness (QED) is 0.828. The molecule has 0 spiro atoms. The van der Waals surface area contributed by atoms with Gasteiger partial charge in [0.1, 0.15) is 5.82 Å². The number of amides is 2. The maximum atomic E-state index is 13.5. The minimum absolute atomic E-state index is 0.158. The van der Waals surface area contributed by atoms with Crippen LogP contribution >= 0.6 is 0 Å². The van der Waals surface area contributed by atoms with Crippen molar-refractivity contribution in [2.45, 2.75) is 51.9 Å². The van der Waals surface area contributed by atoms with Crippen molar-refractivity contribution in [2.24, 2.45) is 0 Å². The van der Waals surface area contributed by atoms with Crippen LogP contribution in [0.5, 0.6) is 0 Å². The topological polar surface area (TPSA) is 53.6 Å². The Morgan fingerprint density at radius 3 is 2.52 bits per heavy atom. The van der Waals surface area contributed by atoms with Gasteiger partial charge in [0, 0.05) is 31.7 Å². The van der Waals surface area contributed by atoms with Crippen molar-refractivity contribution < 1.29 is 13.9 Å². The van der Waals surface area contributed by atoms with Crippen LogP contribution in [-0.2, 0) is 11.2 Å². The Labute approximate surface area is 149 Å². The third kappa shape index (κ3) is 5.97. The van der Waals surface area contributed by atoms with Crippen molar-refractivity contribution in [1.29, 1.82) is 0 Å². The van der Waals surface area contributed by atoms with E-state index in [-0.39, 0.29) is 29.6 Å². The number of nitrogens with zero attached hydrogens (tertiary/aromatic N) is 1. The van der Waals surface area contributed by atoms with E-state index in [4.69, 9.17) is 4.74 Å². The van der Waals surface area contributed by atoms with Gasteiger partial charge in [-0.1, -0.05) is 18.2 Å². The van der Waals surface area contributed by atoms with Gasteiger partial charge in [-0.25, -0.2) is 9.18 Å². The van der Waals surface area contributed by atoms with Crippen molar-refractivity contribution in [3.8, 4) is 0 Å². The lowest BCUT2D eigenvalue weighted by Gasteiger charge is -2.45. The molecule has 1 fully saturated rings. The number of halogens is 1. The molecule has 2 N–H and O–H groups in total. The summed E-state index contributed by atoms with van der Waals surface area (Å²) in [4.78, 5) is 14.4. The highest BCUT2D eigenvalue weighted by atomic mass is 19.1. The van der Waals surface area contributed by atoms with Crippen molar-refractivity contribution in [1.82, 2.24) is 15.5 Å². The van der Waals surface area contributed by atoms with Crippen molar-refractivity contribution in [3.63, 3.8) is 0 Å². The predicted molar refractivity (Wildman–Crippen MR) is 97.2 cm³/mol. The molecule has 1 aliphatic heterocycles. The molecule has 0 bridgehead atoms. The summed E-state index contributed by atoms with van der Waals surface area (Å²) >= 11 is 0. The molecule has 1 heterocycles. The van der Waals surface area contributed by atoms with Crippen LogP contribution in [-0.4, -0.2) is 54.9 Å². The molecule has 6 heteroatoms. The number of urea groups is 1. The monoisotopic (exact) mass is 351 g/mol. The van der Waals surface area contributed by atoms with Crippen molar-refractivity contribution >= 4 is 6.03 Å². The Bertz CT molecular complexity index is 570. The first-order valence-corrected chi connectivity index (χ1v) is 8.93. The van der Waals surface area contributed by atoms with E-state index in [1.54, 1.807) is 18.2 Å². The third-order valence-electron chi connectivity index (χ3n) is 4.59. The molecule has 1 aromatic carbocycles. The fraction of sp³-hybridized carbons (Fsp3) is 0.632. The average molecular weight is 351 g/mol. The highest BCUT2D eigenvalue weighted by Crippen LogP contribution is 2.20. The van der Waals surface area contributed by atoms with Crippen LogP contribution in [0.25, 0.3) is 0 Å². The Balaban J connectivity index is 1.74. The minimum Gasteiger partial charge on any atom is -0.373 e. The molecular formula is C19H30FN3O2. The molecule has 0 aromatic heterocycles. The molecule has 2 rings (SSSR count). The molecule has 140 valence electrons. The molecule has 2 amide bonds. The largest absolute Gasteiger partial charge is 0.373 e. The Morgan fingerprint density at radius 2 is 1.88 bits per heavy atom. The summed E-state index contributed by atoms with van der Waals surface area (Å²) in [5.41, 5.74) is 0.453. The van der Waals surface area contributed by atoms with Crippen molar-refractivity contribution in [3.05, 3.63) is 35.6 Å². The SMILES string of the molecule is C[C@H]1CN(C(C)(C)CNC(=O)NCCc2ccccc2F)C[C@H](C)O1. The lowest BCUT2D eigenvalue weighted by atomic mass is 10.00. The number of ether oxygens (including phenoxy) is 1. The maximum Gasteiger partial charge on any atom is 0.314 e. The first kappa shape index (κ1) is 19.7. The molecule has 5 nitrogen and oxygen atoms in total. The van der Waals surface area contributed by atoms with Gasteiger partial charge in [0.2, 0.25) is 0 Å². The molecule has 2 atom stereocenters. The first-order valence-electron chi connectivity index (χ1n) is 8.93. The van der Waals surface area contributed by atoms with Crippen LogP contribution < -0.4 is 10.6 Å². The van der Waals surface area contributed by atoms with Crippen molar-refractivity contribution in [2.75, 3.05) is 26.2 Å². The Kier molecular flexibility index (Phi) is 6.79. The average Bonchev–Trinajstić information content (AvgIpc) is 2.54. The van der Waals surface area contributed by atoms with E-state index >= 15 is 0 Å². The number of hydrogen-bond donors (Lipinski definition) is 2. The summed E-state index contributed by atoms with van der Waals surface area (Å²) in [6, 6.07) is 6.40. The fourth-order valence-corrected chi connectivity index (χ4v) is 3.15. The number of morpholine rings is 1. The highest BCUT2D eigenvalue weighted by Gasteiger charge is 2.33. The zero-order chi connectivity index (χ0) is 18.4. The standard InChI is InChI=1S/C19H30FN3O2/c1-14-11-23(12-15(2)25-14)19(3,4)13-22-18(24)21-10-9-16-7-5-6-8-17(16)20/h5-8,14-15H,9-13H2,1-4H3,(H2,21,22,24)/t14-,15-/m0/s1. The van der Waals surface area contributed by atoms with Gasteiger partial charge in [0.15, 0.2) is 0 Å². The number of carbonyl (C=O) groups excluding carboxylic acids is 1. The second-order valence-corrected chi connectivity index (χ2v) is 7.43. The molecule has 0 unspecified atom stereocenters. The fourth-order valence-electron chi connectivity index (χ4n) is 3.15. The molecule has 1 aliphatic rings. The summed E-state index contributed by atoms with van der Waals surface area (Å²) in [5, 5.41) is 5.72. The lowest BCUT2D eigenvalue weighted by molar-refractivity contribution is -0.0947. The Morgan fingerprint density at radius 1 is 1.24 bits per heavy atom. The molecule has 0 saturated carbocycles. The zero-order valence-corrected chi connectivity index (χ0v) is 15.6. The minimum atomic E-state index is -0.235. The first-order chi connectivity index (χ1) is 11.8. The summed E-state index contributed by atoms with van der Waals surface area (Å²) in [5.74, 6) is -0.235. The summed E-state index contributed by atoms with van der Waals surface area (Å²) in [7, 11) is 0. The van der Waals surface area contributed by atoms with Crippen LogP contribution in [0.2, 0.25) is 0 Å². The Hall–Kier alpha value is -1.66. The van der Waals surface area contributed by atoms with Crippen LogP contribution in [0.1, 0.15) is 33.3 Å². The predicted octanol–water partition coefficient (Wildman–Crippen LogP) is 2.56. The smallest absolute Gasteiger partial charge is 0.314 e. The molecule has 25 heavy (non-hydrogen) atoms. The van der Waals surface area contributed by atoms with E-state index < -0.39 is 0 Å². The number of nitrogens with one attached hydrogen (secondary N) is 2. The third-order valence-corrected chi connectivity index (χ3v) is 4.59. The van der Waals surface area contributed by atoms with Gasteiger partial charge < -0.3 is 15.4 Å². The van der Waals surface area contributed by atoms with Gasteiger partial charge in [0.05, 0.1) is 12.2 Å². The molecular weight excluding hydrogens is 321 g/mol. The van der Waals surface area contributed by atoms with E-state index in [1.165, 1.54) is 6.07 Å².